The lowest BCUT2D eigenvalue weighted by Gasteiger charge is -1.59. The van der Waals surface area contributed by atoms with Crippen molar-refractivity contribution >= 4 is 5.97 Å². The second-order valence-corrected chi connectivity index (χ2v) is 1.12. The fourth-order valence-electron chi connectivity index (χ4n) is 0.141. The number of carbonyl (C=O) groups is 1. The molecule has 1 aliphatic heterocycles. The third-order valence-electron chi connectivity index (χ3n) is 0.293. The van der Waals surface area contributed by atoms with E-state index in [9.17, 15) is 0 Å². The van der Waals surface area contributed by atoms with Gasteiger partial charge in [-0.3, -0.25) is 4.79 Å². The number of hydrogen-bond donors (Lipinski definition) is 2. The van der Waals surface area contributed by atoms with Gasteiger partial charge in [-0.25, -0.2) is 0 Å². The molecule has 0 spiro atoms. The van der Waals surface area contributed by atoms with Crippen LogP contribution in [0.3, 0.4) is 0 Å². The van der Waals surface area contributed by atoms with E-state index in [1.807, 2.05) is 0 Å². The zero-order valence-electron chi connectivity index (χ0n) is 5.56. The molecule has 0 radical (unpaired) electrons. The summed E-state index contributed by atoms with van der Waals surface area (Å²) in [6.45, 7) is 1.50. The van der Waals surface area contributed by atoms with Crippen LogP contribution in [0.4, 0.5) is 0 Å². The normalized spacial score (nSPS) is 11.3. The number of carboxylic acids is 1. The standard InChI is InChI=1S/C2H4O2.CH2N4.H3N/c1-2(3)4;1-2-4-5-3-1;/h1H3,(H,3,4);1H2;1H3. The summed E-state index contributed by atoms with van der Waals surface area (Å²) in [6.07, 6.45) is 0. The molecule has 0 bridgehead atoms. The molecule has 0 saturated heterocycles. The third kappa shape index (κ3) is 15.9. The Balaban J connectivity index is 0. The highest BCUT2D eigenvalue weighted by Crippen LogP contribution is 1.87. The minimum Gasteiger partial charge on any atom is -0.481 e. The number of hydrogen-bond acceptors (Lipinski definition) is 6. The third-order valence-corrected chi connectivity index (χ3v) is 0.293. The van der Waals surface area contributed by atoms with Crippen molar-refractivity contribution in [3.8, 4) is 0 Å². The van der Waals surface area contributed by atoms with E-state index in [0.717, 1.165) is 6.92 Å². The molecule has 1 heterocycles. The van der Waals surface area contributed by atoms with Gasteiger partial charge in [0.15, 0.2) is 6.67 Å². The second kappa shape index (κ2) is 7.63. The molecule has 10 heavy (non-hydrogen) atoms. The van der Waals surface area contributed by atoms with Crippen LogP contribution in [0.25, 0.3) is 0 Å². The van der Waals surface area contributed by atoms with Crippen LogP contribution in [-0.2, 0) is 4.79 Å². The van der Waals surface area contributed by atoms with Gasteiger partial charge in [-0.05, 0) is 10.4 Å². The van der Waals surface area contributed by atoms with E-state index in [1.54, 1.807) is 0 Å². The fraction of sp³-hybridized carbons (Fsp3) is 0.667. The molecule has 1 aliphatic rings. The van der Waals surface area contributed by atoms with Crippen LogP contribution in [0, 0.1) is 0 Å². The first-order chi connectivity index (χ1) is 4.23. The van der Waals surface area contributed by atoms with E-state index in [-0.39, 0.29) is 6.15 Å². The van der Waals surface area contributed by atoms with E-state index in [2.05, 4.69) is 20.7 Å². The largest absolute Gasteiger partial charge is 0.481 e. The summed E-state index contributed by atoms with van der Waals surface area (Å²) < 4.78 is 0. The van der Waals surface area contributed by atoms with Gasteiger partial charge >= 0.3 is 0 Å². The molecule has 1 rings (SSSR count). The minimum absolute atomic E-state index is 0. The summed E-state index contributed by atoms with van der Waals surface area (Å²) in [5.41, 5.74) is 0. The van der Waals surface area contributed by atoms with E-state index < -0.39 is 5.97 Å². The van der Waals surface area contributed by atoms with E-state index >= 15 is 0 Å². The predicted octanol–water partition coefficient (Wildman–Crippen LogP) is 1.03. The number of aliphatic carboxylic acids is 1. The monoisotopic (exact) mass is 147 g/mol. The van der Waals surface area contributed by atoms with Gasteiger partial charge in [0.1, 0.15) is 0 Å². The molecule has 4 N–H and O–H groups in total. The van der Waals surface area contributed by atoms with Gasteiger partial charge in [0.05, 0.1) is 0 Å². The second-order valence-electron chi connectivity index (χ2n) is 1.12. The Hall–Kier alpha value is -1.37. The van der Waals surface area contributed by atoms with Gasteiger partial charge in [-0.15, -0.1) is 10.2 Å². The Morgan fingerprint density at radius 1 is 1.40 bits per heavy atom. The summed E-state index contributed by atoms with van der Waals surface area (Å²) in [7, 11) is 0. The average Bonchev–Trinajstić information content (AvgIpc) is 2.11. The van der Waals surface area contributed by atoms with Crippen LogP contribution in [-0.4, -0.2) is 17.7 Å². The van der Waals surface area contributed by atoms with Crippen LogP contribution in [0.2, 0.25) is 0 Å². The molecular weight excluding hydrogens is 138 g/mol. The van der Waals surface area contributed by atoms with Crippen LogP contribution in [0.15, 0.2) is 20.7 Å². The van der Waals surface area contributed by atoms with Gasteiger partial charge in [0.2, 0.25) is 0 Å². The average molecular weight is 147 g/mol. The fourth-order valence-corrected chi connectivity index (χ4v) is 0.141. The zero-order valence-corrected chi connectivity index (χ0v) is 5.56. The Kier molecular flexibility index (Phi) is 8.72. The van der Waals surface area contributed by atoms with Gasteiger partial charge in [-0.2, -0.15) is 0 Å². The van der Waals surface area contributed by atoms with E-state index in [0.29, 0.717) is 6.67 Å². The quantitative estimate of drug-likeness (QED) is 0.531. The highest BCUT2D eigenvalue weighted by molar-refractivity contribution is 5.62. The van der Waals surface area contributed by atoms with Crippen LogP contribution >= 0.6 is 0 Å². The van der Waals surface area contributed by atoms with Crippen molar-refractivity contribution in [1.82, 2.24) is 6.15 Å². The topological polar surface area (TPSA) is 122 Å². The van der Waals surface area contributed by atoms with E-state index in [1.165, 1.54) is 0 Å². The van der Waals surface area contributed by atoms with Gasteiger partial charge in [0.25, 0.3) is 5.97 Å². The maximum Gasteiger partial charge on any atom is 0.300 e. The van der Waals surface area contributed by atoms with Crippen LogP contribution in [0.1, 0.15) is 6.92 Å². The highest BCUT2D eigenvalue weighted by atomic mass is 16.4. The lowest BCUT2D eigenvalue weighted by atomic mass is 10.9. The molecule has 0 aliphatic carbocycles. The Bertz CT molecular complexity index is 128. The zero-order chi connectivity index (χ0) is 7.11. The van der Waals surface area contributed by atoms with Crippen molar-refractivity contribution in [2.75, 3.05) is 6.67 Å². The predicted molar refractivity (Wildman–Crippen MR) is 32.9 cm³/mol. The molecule has 0 atom stereocenters. The SMILES string of the molecule is C1N=NN=N1.CC(=O)O.N. The summed E-state index contributed by atoms with van der Waals surface area (Å²) in [6, 6.07) is 0. The summed E-state index contributed by atoms with van der Waals surface area (Å²) >= 11 is 0. The first-order valence-corrected chi connectivity index (χ1v) is 2.16. The molecule has 0 aromatic rings. The molecular formula is C3H9N5O2. The molecule has 0 amide bonds. The van der Waals surface area contributed by atoms with Crippen molar-refractivity contribution < 1.29 is 9.90 Å². The number of carboxylic acid groups (broad SMARTS) is 1. The summed E-state index contributed by atoms with van der Waals surface area (Å²) in [4.78, 5) is 9.00. The number of rotatable bonds is 0. The van der Waals surface area contributed by atoms with E-state index in [4.69, 9.17) is 9.90 Å². The van der Waals surface area contributed by atoms with Gasteiger partial charge < -0.3 is 11.3 Å². The molecule has 0 fully saturated rings. The molecule has 7 heteroatoms. The van der Waals surface area contributed by atoms with Crippen LogP contribution < -0.4 is 6.15 Å². The molecule has 0 aromatic carbocycles. The molecule has 7 nitrogen and oxygen atoms in total. The molecule has 0 unspecified atom stereocenters. The lowest BCUT2D eigenvalue weighted by Crippen LogP contribution is -1.78. The van der Waals surface area contributed by atoms with Gasteiger partial charge in [0, 0.05) is 6.92 Å². The first-order valence-electron chi connectivity index (χ1n) is 2.16. The molecule has 0 aromatic heterocycles. The molecule has 0 saturated carbocycles. The summed E-state index contributed by atoms with van der Waals surface area (Å²) in [5, 5.41) is 20.5. The summed E-state index contributed by atoms with van der Waals surface area (Å²) in [5.74, 6) is -0.833. The maximum absolute atomic E-state index is 9.00. The van der Waals surface area contributed by atoms with Gasteiger partial charge in [-0.1, -0.05) is 0 Å². The minimum atomic E-state index is -0.833. The van der Waals surface area contributed by atoms with Crippen molar-refractivity contribution in [3.05, 3.63) is 0 Å². The van der Waals surface area contributed by atoms with Crippen molar-refractivity contribution in [3.63, 3.8) is 0 Å². The van der Waals surface area contributed by atoms with Crippen LogP contribution in [0.5, 0.6) is 0 Å². The smallest absolute Gasteiger partial charge is 0.300 e. The first kappa shape index (κ1) is 11.4. The maximum atomic E-state index is 9.00. The Labute approximate surface area is 57.4 Å². The lowest BCUT2D eigenvalue weighted by molar-refractivity contribution is -0.134. The Morgan fingerprint density at radius 2 is 1.70 bits per heavy atom. The molecule has 58 valence electrons. The van der Waals surface area contributed by atoms with Crippen molar-refractivity contribution in [2.24, 2.45) is 20.7 Å². The van der Waals surface area contributed by atoms with Crippen molar-refractivity contribution in [2.45, 2.75) is 6.92 Å². The highest BCUT2D eigenvalue weighted by Gasteiger charge is 1.76. The number of nitrogens with zero attached hydrogens (tertiary/aromatic N) is 4. The Morgan fingerprint density at radius 3 is 1.80 bits per heavy atom. The van der Waals surface area contributed by atoms with Crippen molar-refractivity contribution in [1.29, 1.82) is 0 Å².